The summed E-state index contributed by atoms with van der Waals surface area (Å²) in [7, 11) is 0. The molecule has 3 nitrogen and oxygen atoms in total. The van der Waals surface area contributed by atoms with Gasteiger partial charge in [-0.15, -0.1) is 11.3 Å². The third kappa shape index (κ3) is 4.97. The van der Waals surface area contributed by atoms with E-state index in [2.05, 4.69) is 195 Å². The zero-order valence-corrected chi connectivity index (χ0v) is 34.4. The van der Waals surface area contributed by atoms with Crippen molar-refractivity contribution in [2.75, 3.05) is 4.90 Å². The lowest BCUT2D eigenvalue weighted by Crippen LogP contribution is -2.17. The van der Waals surface area contributed by atoms with Crippen molar-refractivity contribution >= 4 is 92.4 Å². The number of fused-ring (bicyclic) bond motifs is 13. The number of para-hydroxylation sites is 1. The van der Waals surface area contributed by atoms with Crippen LogP contribution in [0.15, 0.2) is 197 Å². The molecule has 0 N–H and O–H groups in total. The molecule has 0 unspecified atom stereocenters. The van der Waals surface area contributed by atoms with Crippen molar-refractivity contribution in [2.45, 2.75) is 19.3 Å². The predicted octanol–water partition coefficient (Wildman–Crippen LogP) is 17.0. The quantitative estimate of drug-likeness (QED) is 0.174. The van der Waals surface area contributed by atoms with Gasteiger partial charge in [0, 0.05) is 69.6 Å². The summed E-state index contributed by atoms with van der Waals surface area (Å²) >= 11 is 1.86. The molecule has 3 aromatic heterocycles. The molecular formula is C57H37NO2S. The van der Waals surface area contributed by atoms with E-state index in [0.717, 1.165) is 66.5 Å². The highest BCUT2D eigenvalue weighted by atomic mass is 32.1. The molecule has 0 fully saturated rings. The fourth-order valence-electron chi connectivity index (χ4n) is 10.2. The summed E-state index contributed by atoms with van der Waals surface area (Å²) in [6.45, 7) is 4.71. The molecular weight excluding hydrogens is 763 g/mol. The summed E-state index contributed by atoms with van der Waals surface area (Å²) in [5, 5.41) is 6.81. The Morgan fingerprint density at radius 2 is 1.07 bits per heavy atom. The van der Waals surface area contributed by atoms with E-state index >= 15 is 0 Å². The Morgan fingerprint density at radius 3 is 1.93 bits per heavy atom. The summed E-state index contributed by atoms with van der Waals surface area (Å²) in [6.07, 6.45) is 0. The maximum atomic E-state index is 7.26. The highest BCUT2D eigenvalue weighted by molar-refractivity contribution is 7.26. The minimum absolute atomic E-state index is 0.185. The minimum Gasteiger partial charge on any atom is -0.456 e. The van der Waals surface area contributed by atoms with E-state index in [1.165, 1.54) is 59.1 Å². The normalized spacial score (nSPS) is 13.2. The second kappa shape index (κ2) is 12.8. The molecule has 1 aliphatic rings. The van der Waals surface area contributed by atoms with Crippen molar-refractivity contribution in [1.29, 1.82) is 0 Å². The monoisotopic (exact) mass is 799 g/mol. The van der Waals surface area contributed by atoms with Gasteiger partial charge in [-0.1, -0.05) is 147 Å². The van der Waals surface area contributed by atoms with Crippen LogP contribution in [0.3, 0.4) is 0 Å². The van der Waals surface area contributed by atoms with Gasteiger partial charge >= 0.3 is 0 Å². The SMILES string of the molecule is CC1(C)c2ccccc2-c2ccc(N(c3ccc(-c4ccccc4)cc3)c3c(-c4cccc5c4sc4ccccc45)ccc4c3oc3ccc5oc6ccccc6c5c34)cc21. The lowest BCUT2D eigenvalue weighted by atomic mass is 9.82. The molecule has 0 radical (unpaired) electrons. The van der Waals surface area contributed by atoms with Gasteiger partial charge in [-0.3, -0.25) is 0 Å². The molecule has 0 spiro atoms. The van der Waals surface area contributed by atoms with E-state index in [9.17, 15) is 0 Å². The van der Waals surface area contributed by atoms with Crippen LogP contribution in [0.4, 0.5) is 17.1 Å². The summed E-state index contributed by atoms with van der Waals surface area (Å²) in [4.78, 5) is 2.45. The van der Waals surface area contributed by atoms with E-state index in [0.29, 0.717) is 0 Å². The summed E-state index contributed by atoms with van der Waals surface area (Å²) in [5.41, 5.74) is 16.2. The fourth-order valence-corrected chi connectivity index (χ4v) is 11.4. The van der Waals surface area contributed by atoms with Crippen LogP contribution in [-0.2, 0) is 5.41 Å². The zero-order chi connectivity index (χ0) is 40.4. The van der Waals surface area contributed by atoms with Crippen molar-refractivity contribution in [2.24, 2.45) is 0 Å². The van der Waals surface area contributed by atoms with Crippen LogP contribution in [0.25, 0.3) is 97.4 Å². The Bertz CT molecular complexity index is 3740. The molecule has 1 aliphatic carbocycles. The van der Waals surface area contributed by atoms with Gasteiger partial charge in [0.05, 0.1) is 5.69 Å². The Balaban J connectivity index is 1.15. The molecule has 13 rings (SSSR count). The lowest BCUT2D eigenvalue weighted by molar-refractivity contribution is 0.660. The topological polar surface area (TPSA) is 29.5 Å². The summed E-state index contributed by atoms with van der Waals surface area (Å²) in [5.74, 6) is 0. The van der Waals surface area contributed by atoms with Gasteiger partial charge in [-0.25, -0.2) is 0 Å². The second-order valence-corrected chi connectivity index (χ2v) is 17.8. The van der Waals surface area contributed by atoms with Gasteiger partial charge in [0.1, 0.15) is 16.7 Å². The highest BCUT2D eigenvalue weighted by Crippen LogP contribution is 2.54. The van der Waals surface area contributed by atoms with Gasteiger partial charge < -0.3 is 13.7 Å². The van der Waals surface area contributed by atoms with Crippen LogP contribution >= 0.6 is 11.3 Å². The Hall–Kier alpha value is -7.40. The number of thiophene rings is 1. The van der Waals surface area contributed by atoms with Crippen LogP contribution in [0, 0.1) is 0 Å². The fraction of sp³-hybridized carbons (Fsp3) is 0.0526. The number of benzene rings is 9. The van der Waals surface area contributed by atoms with Gasteiger partial charge in [-0.05, 0) is 88.0 Å². The molecule has 3 heterocycles. The molecule has 61 heavy (non-hydrogen) atoms. The molecule has 0 amide bonds. The predicted molar refractivity (Wildman–Crippen MR) is 257 cm³/mol. The first-order valence-corrected chi connectivity index (χ1v) is 21.7. The molecule has 12 aromatic rings. The van der Waals surface area contributed by atoms with Crippen molar-refractivity contribution in [3.05, 3.63) is 199 Å². The largest absolute Gasteiger partial charge is 0.456 e. The average Bonchev–Trinajstić information content (AvgIpc) is 4.05. The second-order valence-electron chi connectivity index (χ2n) is 16.8. The number of hydrogen-bond donors (Lipinski definition) is 0. The van der Waals surface area contributed by atoms with Gasteiger partial charge in [0.2, 0.25) is 0 Å². The average molecular weight is 800 g/mol. The molecule has 9 aromatic carbocycles. The standard InChI is InChI=1S/C57H37NO2S/c1-57(2)46-20-9-6-15-38(46)39-28-27-37(33-47(39)57)58(36-25-23-35(24-26-36)34-13-4-3-5-14-34)54-41(43-19-12-18-42-40-16-8-11-22-51(40)61-56(42)43)29-30-45-53-50(60-55(45)54)32-31-49-52(53)44-17-7-10-21-48(44)59-49/h3-33H,1-2H3. The Kier molecular flexibility index (Phi) is 7.23. The van der Waals surface area contributed by atoms with Crippen LogP contribution in [-0.4, -0.2) is 0 Å². The number of anilines is 3. The first-order valence-electron chi connectivity index (χ1n) is 20.9. The number of rotatable bonds is 5. The van der Waals surface area contributed by atoms with Crippen molar-refractivity contribution in [3.8, 4) is 33.4 Å². The highest BCUT2D eigenvalue weighted by Gasteiger charge is 2.36. The molecule has 4 heteroatoms. The first kappa shape index (κ1) is 34.5. The molecule has 288 valence electrons. The Morgan fingerprint density at radius 1 is 0.426 bits per heavy atom. The summed E-state index contributed by atoms with van der Waals surface area (Å²) < 4.78 is 16.3. The minimum atomic E-state index is -0.185. The van der Waals surface area contributed by atoms with E-state index in [4.69, 9.17) is 8.83 Å². The molecule has 0 saturated carbocycles. The van der Waals surface area contributed by atoms with Crippen molar-refractivity contribution in [1.82, 2.24) is 0 Å². The number of furan rings is 2. The van der Waals surface area contributed by atoms with Crippen LogP contribution in [0.1, 0.15) is 25.0 Å². The van der Waals surface area contributed by atoms with Crippen LogP contribution in [0.5, 0.6) is 0 Å². The number of nitrogens with zero attached hydrogens (tertiary/aromatic N) is 1. The molecule has 0 bridgehead atoms. The number of hydrogen-bond acceptors (Lipinski definition) is 4. The Labute approximate surface area is 356 Å². The molecule has 0 saturated heterocycles. The first-order chi connectivity index (χ1) is 30.0. The van der Waals surface area contributed by atoms with Crippen LogP contribution < -0.4 is 4.90 Å². The third-order valence-corrected chi connectivity index (χ3v) is 14.3. The van der Waals surface area contributed by atoms with E-state index in [1.54, 1.807) is 0 Å². The maximum Gasteiger partial charge on any atom is 0.160 e. The third-order valence-electron chi connectivity index (χ3n) is 13.1. The van der Waals surface area contributed by atoms with E-state index in [1.807, 2.05) is 23.5 Å². The lowest BCUT2D eigenvalue weighted by Gasteiger charge is -2.30. The zero-order valence-electron chi connectivity index (χ0n) is 33.6. The van der Waals surface area contributed by atoms with E-state index < -0.39 is 0 Å². The smallest absolute Gasteiger partial charge is 0.160 e. The molecule has 0 atom stereocenters. The van der Waals surface area contributed by atoms with Crippen molar-refractivity contribution < 1.29 is 8.83 Å². The van der Waals surface area contributed by atoms with Crippen LogP contribution in [0.2, 0.25) is 0 Å². The molecule has 0 aliphatic heterocycles. The van der Waals surface area contributed by atoms with Crippen molar-refractivity contribution in [3.63, 3.8) is 0 Å². The van der Waals surface area contributed by atoms with Gasteiger partial charge in [-0.2, -0.15) is 0 Å². The van der Waals surface area contributed by atoms with Gasteiger partial charge in [0.15, 0.2) is 5.58 Å². The summed E-state index contributed by atoms with van der Waals surface area (Å²) in [6, 6.07) is 68.1. The van der Waals surface area contributed by atoms with E-state index in [-0.39, 0.29) is 5.41 Å². The van der Waals surface area contributed by atoms with Gasteiger partial charge in [0.25, 0.3) is 0 Å². The maximum absolute atomic E-state index is 7.26.